The summed E-state index contributed by atoms with van der Waals surface area (Å²) >= 11 is 0. The van der Waals surface area contributed by atoms with E-state index in [0.717, 1.165) is 11.3 Å². The molecule has 0 aliphatic carbocycles. The number of para-hydroxylation sites is 1. The van der Waals surface area contributed by atoms with Crippen LogP contribution in [-0.2, 0) is 11.2 Å². The van der Waals surface area contributed by atoms with Gasteiger partial charge in [0.25, 0.3) is 0 Å². The van der Waals surface area contributed by atoms with Crippen LogP contribution in [0.15, 0.2) is 42.5 Å². The number of nitrogen functional groups attached to an aromatic ring is 1. The topological polar surface area (TPSA) is 64.3 Å². The molecule has 0 saturated heterocycles. The highest BCUT2D eigenvalue weighted by Crippen LogP contribution is 2.27. The van der Waals surface area contributed by atoms with E-state index in [4.69, 9.17) is 10.5 Å². The number of carbonyl (C=O) groups excluding carboxylic acids is 1. The van der Waals surface area contributed by atoms with Gasteiger partial charge in [-0.3, -0.25) is 4.79 Å². The molecule has 3 rings (SSSR count). The van der Waals surface area contributed by atoms with Gasteiger partial charge in [-0.05, 0) is 36.2 Å². The van der Waals surface area contributed by atoms with Crippen LogP contribution in [0, 0.1) is 11.7 Å². The summed E-state index contributed by atoms with van der Waals surface area (Å²) in [4.78, 5) is 12.2. The van der Waals surface area contributed by atoms with Crippen molar-refractivity contribution in [2.75, 3.05) is 17.7 Å². The molecule has 0 aromatic heterocycles. The monoisotopic (exact) mass is 286 g/mol. The maximum atomic E-state index is 13.4. The van der Waals surface area contributed by atoms with E-state index < -0.39 is 5.82 Å². The lowest BCUT2D eigenvalue weighted by molar-refractivity contribution is -0.121. The van der Waals surface area contributed by atoms with Crippen molar-refractivity contribution in [1.29, 1.82) is 0 Å². The molecule has 5 heteroatoms. The van der Waals surface area contributed by atoms with Crippen molar-refractivity contribution in [3.05, 3.63) is 53.8 Å². The number of fused-ring (bicyclic) bond motifs is 1. The van der Waals surface area contributed by atoms with Crippen LogP contribution >= 0.6 is 0 Å². The maximum absolute atomic E-state index is 13.4. The van der Waals surface area contributed by atoms with Crippen molar-refractivity contribution in [2.45, 2.75) is 6.42 Å². The molecule has 4 nitrogen and oxygen atoms in total. The van der Waals surface area contributed by atoms with Gasteiger partial charge in [0.1, 0.15) is 18.2 Å². The lowest BCUT2D eigenvalue weighted by atomic mass is 9.96. The fourth-order valence-electron chi connectivity index (χ4n) is 2.35. The zero-order valence-electron chi connectivity index (χ0n) is 11.3. The van der Waals surface area contributed by atoms with Crippen molar-refractivity contribution < 1.29 is 13.9 Å². The Bertz CT molecular complexity index is 688. The Balaban J connectivity index is 1.70. The Labute approximate surface area is 121 Å². The van der Waals surface area contributed by atoms with Crippen molar-refractivity contribution in [3.63, 3.8) is 0 Å². The van der Waals surface area contributed by atoms with Crippen LogP contribution in [0.2, 0.25) is 0 Å². The molecule has 1 aliphatic rings. The van der Waals surface area contributed by atoms with E-state index in [1.165, 1.54) is 12.1 Å². The Morgan fingerprint density at radius 1 is 1.29 bits per heavy atom. The molecule has 0 spiro atoms. The summed E-state index contributed by atoms with van der Waals surface area (Å²) in [5.74, 6) is -0.202. The average Bonchev–Trinajstić information content (AvgIpc) is 2.50. The van der Waals surface area contributed by atoms with Gasteiger partial charge < -0.3 is 15.8 Å². The number of ether oxygens (including phenoxy) is 1. The first kappa shape index (κ1) is 13.4. The van der Waals surface area contributed by atoms with Crippen molar-refractivity contribution in [2.24, 2.45) is 5.92 Å². The van der Waals surface area contributed by atoms with Gasteiger partial charge >= 0.3 is 0 Å². The SMILES string of the molecule is Nc1ccc(NC(=O)C2COc3ccccc3C2)cc1F. The highest BCUT2D eigenvalue weighted by molar-refractivity contribution is 5.93. The van der Waals surface area contributed by atoms with E-state index in [-0.39, 0.29) is 17.5 Å². The molecule has 1 unspecified atom stereocenters. The Morgan fingerprint density at radius 3 is 2.90 bits per heavy atom. The lowest BCUT2D eigenvalue weighted by Crippen LogP contribution is -2.32. The Kier molecular flexibility index (Phi) is 3.48. The minimum atomic E-state index is -0.543. The molecule has 21 heavy (non-hydrogen) atoms. The zero-order valence-corrected chi connectivity index (χ0v) is 11.3. The molecule has 0 bridgehead atoms. The summed E-state index contributed by atoms with van der Waals surface area (Å²) in [5.41, 5.74) is 6.87. The molecule has 108 valence electrons. The minimum absolute atomic E-state index is 0.0583. The third kappa shape index (κ3) is 2.81. The van der Waals surface area contributed by atoms with Gasteiger partial charge in [-0.1, -0.05) is 18.2 Å². The van der Waals surface area contributed by atoms with E-state index in [0.29, 0.717) is 18.7 Å². The van der Waals surface area contributed by atoms with E-state index in [2.05, 4.69) is 5.32 Å². The number of benzene rings is 2. The number of amides is 1. The lowest BCUT2D eigenvalue weighted by Gasteiger charge is -2.24. The Hall–Kier alpha value is -2.56. The first-order chi connectivity index (χ1) is 10.1. The number of rotatable bonds is 2. The molecule has 3 N–H and O–H groups in total. The predicted molar refractivity (Wildman–Crippen MR) is 78.6 cm³/mol. The van der Waals surface area contributed by atoms with Gasteiger partial charge in [-0.15, -0.1) is 0 Å². The maximum Gasteiger partial charge on any atom is 0.231 e. The molecule has 1 amide bonds. The smallest absolute Gasteiger partial charge is 0.231 e. The summed E-state index contributed by atoms with van der Waals surface area (Å²) < 4.78 is 19.0. The molecule has 0 radical (unpaired) electrons. The van der Waals surface area contributed by atoms with Crippen LogP contribution in [0.25, 0.3) is 0 Å². The van der Waals surface area contributed by atoms with Crippen molar-refractivity contribution in [1.82, 2.24) is 0 Å². The average molecular weight is 286 g/mol. The number of anilines is 2. The van der Waals surface area contributed by atoms with Gasteiger partial charge in [0, 0.05) is 5.69 Å². The summed E-state index contributed by atoms with van der Waals surface area (Å²) in [5, 5.41) is 2.70. The van der Waals surface area contributed by atoms with Crippen LogP contribution in [0.1, 0.15) is 5.56 Å². The summed E-state index contributed by atoms with van der Waals surface area (Å²) in [7, 11) is 0. The van der Waals surface area contributed by atoms with Gasteiger partial charge in [0.2, 0.25) is 5.91 Å². The molecule has 2 aromatic rings. The molecular weight excluding hydrogens is 271 g/mol. The van der Waals surface area contributed by atoms with Crippen LogP contribution in [0.5, 0.6) is 5.75 Å². The van der Waals surface area contributed by atoms with Gasteiger partial charge in [0.05, 0.1) is 11.6 Å². The van der Waals surface area contributed by atoms with E-state index in [1.807, 2.05) is 24.3 Å². The normalized spacial score (nSPS) is 16.7. The largest absolute Gasteiger partial charge is 0.492 e. The molecule has 2 aromatic carbocycles. The number of carbonyl (C=O) groups is 1. The summed E-state index contributed by atoms with van der Waals surface area (Å²) in [6.07, 6.45) is 0.611. The van der Waals surface area contributed by atoms with Gasteiger partial charge in [-0.2, -0.15) is 0 Å². The van der Waals surface area contributed by atoms with Crippen LogP contribution in [0.3, 0.4) is 0 Å². The van der Waals surface area contributed by atoms with E-state index >= 15 is 0 Å². The van der Waals surface area contributed by atoms with E-state index in [9.17, 15) is 9.18 Å². The van der Waals surface area contributed by atoms with Crippen LogP contribution in [-0.4, -0.2) is 12.5 Å². The number of hydrogen-bond donors (Lipinski definition) is 2. The fraction of sp³-hybridized carbons (Fsp3) is 0.188. The Morgan fingerprint density at radius 2 is 2.10 bits per heavy atom. The molecular formula is C16H15FN2O2. The highest BCUT2D eigenvalue weighted by Gasteiger charge is 2.25. The molecule has 1 atom stereocenters. The third-order valence-electron chi connectivity index (χ3n) is 3.52. The van der Waals surface area contributed by atoms with E-state index in [1.54, 1.807) is 6.07 Å². The van der Waals surface area contributed by atoms with Crippen molar-refractivity contribution in [3.8, 4) is 5.75 Å². The number of nitrogens with two attached hydrogens (primary N) is 1. The predicted octanol–water partition coefficient (Wildman–Crippen LogP) is 2.60. The highest BCUT2D eigenvalue weighted by atomic mass is 19.1. The fourth-order valence-corrected chi connectivity index (χ4v) is 2.35. The summed E-state index contributed by atoms with van der Waals surface area (Å²) in [6, 6.07) is 11.9. The quantitative estimate of drug-likeness (QED) is 0.834. The van der Waals surface area contributed by atoms with Crippen molar-refractivity contribution >= 4 is 17.3 Å². The standard InChI is InChI=1S/C16H15FN2O2/c17-13-8-12(5-6-14(13)18)19-16(20)11-7-10-3-1-2-4-15(10)21-9-11/h1-6,8,11H,7,9,18H2,(H,19,20). The second kappa shape index (κ2) is 5.44. The molecule has 1 aliphatic heterocycles. The van der Waals surface area contributed by atoms with Gasteiger partial charge in [0.15, 0.2) is 0 Å². The first-order valence-electron chi connectivity index (χ1n) is 6.70. The second-order valence-electron chi connectivity index (χ2n) is 5.05. The first-order valence-corrected chi connectivity index (χ1v) is 6.70. The molecule has 1 heterocycles. The molecule has 0 fully saturated rings. The minimum Gasteiger partial charge on any atom is -0.492 e. The number of halogens is 1. The third-order valence-corrected chi connectivity index (χ3v) is 3.52. The second-order valence-corrected chi connectivity index (χ2v) is 5.05. The zero-order chi connectivity index (χ0) is 14.8. The summed E-state index contributed by atoms with van der Waals surface area (Å²) in [6.45, 7) is 0.320. The van der Waals surface area contributed by atoms with Crippen LogP contribution < -0.4 is 15.8 Å². The molecule has 0 saturated carbocycles. The van der Waals surface area contributed by atoms with Crippen LogP contribution in [0.4, 0.5) is 15.8 Å². The van der Waals surface area contributed by atoms with Gasteiger partial charge in [-0.25, -0.2) is 4.39 Å². The number of hydrogen-bond acceptors (Lipinski definition) is 3. The number of nitrogens with one attached hydrogen (secondary N) is 1.